The third-order valence-corrected chi connectivity index (χ3v) is 2.75. The maximum atomic E-state index is 9.98. The number of nitrogens with zero attached hydrogens (tertiary/aromatic N) is 3. The summed E-state index contributed by atoms with van der Waals surface area (Å²) >= 11 is 0. The summed E-state index contributed by atoms with van der Waals surface area (Å²) in [5.41, 5.74) is 0.521. The van der Waals surface area contributed by atoms with Crippen molar-refractivity contribution in [3.63, 3.8) is 0 Å². The number of likely N-dealkylation sites (tertiary alicyclic amines) is 1. The summed E-state index contributed by atoms with van der Waals surface area (Å²) in [7, 11) is 0. The highest BCUT2D eigenvalue weighted by atomic mass is 16.3. The number of aliphatic hydroxyl groups is 1. The molecule has 1 aromatic heterocycles. The lowest BCUT2D eigenvalue weighted by molar-refractivity contribution is -0.107. The van der Waals surface area contributed by atoms with Gasteiger partial charge in [0, 0.05) is 38.2 Å². The lowest BCUT2D eigenvalue weighted by Crippen LogP contribution is -2.61. The number of β-amino-alcohol motifs (C(OH)–C–C–N with tert-alkyl or cyclic N) is 1. The van der Waals surface area contributed by atoms with Crippen molar-refractivity contribution < 1.29 is 5.11 Å². The predicted molar refractivity (Wildman–Crippen MR) is 57.2 cm³/mol. The van der Waals surface area contributed by atoms with Crippen LogP contribution in [-0.4, -0.2) is 38.7 Å². The Bertz CT molecular complexity index is 309. The summed E-state index contributed by atoms with van der Waals surface area (Å²) < 4.78 is 0. The minimum absolute atomic E-state index is 0.447. The van der Waals surface area contributed by atoms with Crippen LogP contribution in [0, 0.1) is 0 Å². The molecule has 0 bridgehead atoms. The van der Waals surface area contributed by atoms with Gasteiger partial charge in [0.2, 0.25) is 0 Å². The molecule has 0 unspecified atom stereocenters. The van der Waals surface area contributed by atoms with Crippen molar-refractivity contribution in [2.75, 3.05) is 13.1 Å². The lowest BCUT2D eigenvalue weighted by atomic mass is 9.89. The Morgan fingerprint density at radius 3 is 2.87 bits per heavy atom. The molecule has 4 heteroatoms. The summed E-state index contributed by atoms with van der Waals surface area (Å²) in [6.07, 6.45) is 7.08. The molecule has 0 saturated carbocycles. The maximum absolute atomic E-state index is 9.98. The van der Waals surface area contributed by atoms with Gasteiger partial charge in [-0.2, -0.15) is 0 Å². The first-order valence-electron chi connectivity index (χ1n) is 5.41. The molecule has 1 aliphatic heterocycles. The van der Waals surface area contributed by atoms with Crippen LogP contribution in [0.25, 0.3) is 0 Å². The fourth-order valence-corrected chi connectivity index (χ4v) is 2.16. The normalized spacial score (nSPS) is 19.9. The van der Waals surface area contributed by atoms with Gasteiger partial charge in [0.15, 0.2) is 0 Å². The van der Waals surface area contributed by atoms with Crippen molar-refractivity contribution >= 4 is 0 Å². The average Bonchev–Trinajstić information content (AvgIpc) is 2.17. The van der Waals surface area contributed by atoms with E-state index in [1.807, 2.05) is 0 Å². The van der Waals surface area contributed by atoms with Crippen molar-refractivity contribution in [3.05, 3.63) is 24.3 Å². The molecule has 15 heavy (non-hydrogen) atoms. The Hall–Kier alpha value is -1.00. The average molecular weight is 207 g/mol. The van der Waals surface area contributed by atoms with E-state index in [4.69, 9.17) is 0 Å². The van der Waals surface area contributed by atoms with E-state index in [2.05, 4.69) is 21.8 Å². The molecule has 1 saturated heterocycles. The molecule has 0 aliphatic carbocycles. The van der Waals surface area contributed by atoms with Crippen molar-refractivity contribution in [1.29, 1.82) is 0 Å². The van der Waals surface area contributed by atoms with Crippen molar-refractivity contribution in [3.8, 4) is 0 Å². The second-order valence-corrected chi connectivity index (χ2v) is 4.32. The van der Waals surface area contributed by atoms with E-state index in [1.54, 1.807) is 18.6 Å². The predicted octanol–water partition coefficient (Wildman–Crippen LogP) is 0.823. The Morgan fingerprint density at radius 2 is 2.27 bits per heavy atom. The zero-order chi connectivity index (χ0) is 10.7. The van der Waals surface area contributed by atoms with Crippen LogP contribution in [0.2, 0.25) is 0 Å². The van der Waals surface area contributed by atoms with Crippen molar-refractivity contribution in [2.24, 2.45) is 0 Å². The molecular weight excluding hydrogens is 190 g/mol. The van der Waals surface area contributed by atoms with Crippen LogP contribution in [0.5, 0.6) is 0 Å². The zero-order valence-corrected chi connectivity index (χ0v) is 9.06. The summed E-state index contributed by atoms with van der Waals surface area (Å²) in [6.45, 7) is 4.41. The Kier molecular flexibility index (Phi) is 2.98. The standard InChI is InChI=1S/C11H17N3O/c1-2-3-11(15)8-14(9-11)7-10-6-12-4-5-13-10/h4-6,15H,2-3,7-9H2,1H3. The number of aromatic nitrogens is 2. The highest BCUT2D eigenvalue weighted by Crippen LogP contribution is 2.26. The smallest absolute Gasteiger partial charge is 0.0900 e. The van der Waals surface area contributed by atoms with Crippen LogP contribution in [0.1, 0.15) is 25.5 Å². The third-order valence-electron chi connectivity index (χ3n) is 2.75. The summed E-state index contributed by atoms with van der Waals surface area (Å²) in [5.74, 6) is 0. The molecule has 4 nitrogen and oxygen atoms in total. The van der Waals surface area contributed by atoms with E-state index in [1.165, 1.54) is 0 Å². The second-order valence-electron chi connectivity index (χ2n) is 4.32. The topological polar surface area (TPSA) is 49.2 Å². The quantitative estimate of drug-likeness (QED) is 0.794. The second kappa shape index (κ2) is 4.24. The molecule has 2 rings (SSSR count). The SMILES string of the molecule is CCCC1(O)CN(Cc2cnccn2)C1. The monoisotopic (exact) mass is 207 g/mol. The maximum Gasteiger partial charge on any atom is 0.0900 e. The van der Waals surface area contributed by atoms with Gasteiger partial charge in [0.25, 0.3) is 0 Å². The fraction of sp³-hybridized carbons (Fsp3) is 0.636. The van der Waals surface area contributed by atoms with E-state index < -0.39 is 5.60 Å². The van der Waals surface area contributed by atoms with E-state index in [0.717, 1.165) is 38.2 Å². The minimum atomic E-state index is -0.447. The zero-order valence-electron chi connectivity index (χ0n) is 9.06. The van der Waals surface area contributed by atoms with Gasteiger partial charge in [-0.3, -0.25) is 14.9 Å². The van der Waals surface area contributed by atoms with Gasteiger partial charge in [0.05, 0.1) is 11.3 Å². The molecule has 1 N–H and O–H groups in total. The van der Waals surface area contributed by atoms with Crippen molar-refractivity contribution in [2.45, 2.75) is 31.9 Å². The molecule has 1 aliphatic rings. The first-order valence-corrected chi connectivity index (χ1v) is 5.41. The van der Waals surface area contributed by atoms with Gasteiger partial charge in [-0.05, 0) is 6.42 Å². The molecule has 1 aromatic rings. The van der Waals surface area contributed by atoms with Crippen LogP contribution < -0.4 is 0 Å². The van der Waals surface area contributed by atoms with E-state index in [-0.39, 0.29) is 0 Å². The highest BCUT2D eigenvalue weighted by Gasteiger charge is 2.39. The molecule has 1 fully saturated rings. The molecule has 0 amide bonds. The van der Waals surface area contributed by atoms with Crippen LogP contribution in [0.15, 0.2) is 18.6 Å². The summed E-state index contributed by atoms with van der Waals surface area (Å²) in [5, 5.41) is 9.98. The van der Waals surface area contributed by atoms with Crippen LogP contribution in [0.4, 0.5) is 0 Å². The Morgan fingerprint density at radius 1 is 1.47 bits per heavy atom. The van der Waals surface area contributed by atoms with Gasteiger partial charge < -0.3 is 5.11 Å². The van der Waals surface area contributed by atoms with Crippen molar-refractivity contribution in [1.82, 2.24) is 14.9 Å². The Balaban J connectivity index is 1.81. The number of rotatable bonds is 4. The van der Waals surface area contributed by atoms with Gasteiger partial charge in [-0.15, -0.1) is 0 Å². The first kappa shape index (κ1) is 10.5. The molecule has 0 aromatic carbocycles. The molecule has 0 atom stereocenters. The summed E-state index contributed by atoms with van der Waals surface area (Å²) in [4.78, 5) is 10.4. The van der Waals surface area contributed by atoms with E-state index in [0.29, 0.717) is 0 Å². The first-order chi connectivity index (χ1) is 7.22. The highest BCUT2D eigenvalue weighted by molar-refractivity contribution is 5.01. The molecule has 0 radical (unpaired) electrons. The molecule has 2 heterocycles. The lowest BCUT2D eigenvalue weighted by Gasteiger charge is -2.46. The van der Waals surface area contributed by atoms with Crippen LogP contribution in [0.3, 0.4) is 0 Å². The number of hydrogen-bond donors (Lipinski definition) is 1. The van der Waals surface area contributed by atoms with Crippen LogP contribution in [-0.2, 0) is 6.54 Å². The molecule has 0 spiro atoms. The Labute approximate surface area is 90.0 Å². The fourth-order valence-electron chi connectivity index (χ4n) is 2.16. The molecule has 82 valence electrons. The van der Waals surface area contributed by atoms with E-state index in [9.17, 15) is 5.11 Å². The van der Waals surface area contributed by atoms with Gasteiger partial charge in [0.1, 0.15) is 0 Å². The molecular formula is C11H17N3O. The number of hydrogen-bond acceptors (Lipinski definition) is 4. The summed E-state index contributed by atoms with van der Waals surface area (Å²) in [6, 6.07) is 0. The van der Waals surface area contributed by atoms with Gasteiger partial charge >= 0.3 is 0 Å². The van der Waals surface area contributed by atoms with Crippen LogP contribution >= 0.6 is 0 Å². The minimum Gasteiger partial charge on any atom is -0.387 e. The van der Waals surface area contributed by atoms with Gasteiger partial charge in [-0.1, -0.05) is 13.3 Å². The largest absolute Gasteiger partial charge is 0.387 e. The van der Waals surface area contributed by atoms with E-state index >= 15 is 0 Å². The third kappa shape index (κ3) is 2.52. The van der Waals surface area contributed by atoms with Gasteiger partial charge in [-0.25, -0.2) is 0 Å².